The molecule has 8 nitrogen and oxygen atoms in total. The number of amides is 1. The molecule has 0 spiro atoms. The first kappa shape index (κ1) is 22.9. The van der Waals surface area contributed by atoms with Crippen LogP contribution in [0.4, 0.5) is 5.88 Å². The standard InChI is InChI=1S/C26H26N4O4/c1-19-4-3-5-22(16-19)33-18-25(31)29-12-14-30(15-13-29)26-23(17-27)28-24(34-26)11-8-20-6-9-21(32-2)10-7-20/h3-11,16H,12-15,18H2,1-2H3/b11-8+. The summed E-state index contributed by atoms with van der Waals surface area (Å²) in [5.41, 5.74) is 2.27. The van der Waals surface area contributed by atoms with Crippen molar-refractivity contribution in [3.63, 3.8) is 0 Å². The minimum absolute atomic E-state index is 0.00445. The number of aryl methyl sites for hydroxylation is 1. The number of carbonyl (C=O) groups is 1. The largest absolute Gasteiger partial charge is 0.497 e. The van der Waals surface area contributed by atoms with E-state index >= 15 is 0 Å². The maximum Gasteiger partial charge on any atom is 0.260 e. The lowest BCUT2D eigenvalue weighted by Gasteiger charge is -2.34. The van der Waals surface area contributed by atoms with Gasteiger partial charge in [-0.25, -0.2) is 0 Å². The van der Waals surface area contributed by atoms with E-state index in [9.17, 15) is 10.1 Å². The molecule has 0 N–H and O–H groups in total. The van der Waals surface area contributed by atoms with Crippen molar-refractivity contribution in [1.82, 2.24) is 9.88 Å². The summed E-state index contributed by atoms with van der Waals surface area (Å²) in [6, 6.07) is 17.3. The van der Waals surface area contributed by atoms with Gasteiger partial charge in [0, 0.05) is 32.3 Å². The Morgan fingerprint density at radius 3 is 2.56 bits per heavy atom. The molecule has 0 unspecified atom stereocenters. The fraction of sp³-hybridized carbons (Fsp3) is 0.269. The highest BCUT2D eigenvalue weighted by molar-refractivity contribution is 5.78. The monoisotopic (exact) mass is 458 g/mol. The van der Waals surface area contributed by atoms with Gasteiger partial charge in [-0.05, 0) is 48.4 Å². The van der Waals surface area contributed by atoms with Crippen LogP contribution in [0.15, 0.2) is 52.9 Å². The van der Waals surface area contributed by atoms with E-state index in [1.165, 1.54) is 0 Å². The number of rotatable bonds is 7. The van der Waals surface area contributed by atoms with Crippen molar-refractivity contribution in [2.45, 2.75) is 6.92 Å². The van der Waals surface area contributed by atoms with E-state index in [1.807, 2.05) is 66.4 Å². The predicted octanol–water partition coefficient (Wildman–Crippen LogP) is 3.76. The summed E-state index contributed by atoms with van der Waals surface area (Å²) in [7, 11) is 1.62. The normalized spacial score (nSPS) is 13.7. The summed E-state index contributed by atoms with van der Waals surface area (Å²) < 4.78 is 16.7. The average molecular weight is 459 g/mol. The van der Waals surface area contributed by atoms with E-state index in [0.717, 1.165) is 16.9 Å². The molecule has 1 aromatic heterocycles. The second kappa shape index (κ2) is 10.6. The molecule has 1 fully saturated rings. The van der Waals surface area contributed by atoms with Crippen molar-refractivity contribution in [1.29, 1.82) is 5.26 Å². The van der Waals surface area contributed by atoms with Gasteiger partial charge in [-0.1, -0.05) is 24.3 Å². The number of ether oxygens (including phenoxy) is 2. The lowest BCUT2D eigenvalue weighted by Crippen LogP contribution is -2.50. The molecule has 1 aliphatic heterocycles. The van der Waals surface area contributed by atoms with Crippen LogP contribution in [0.3, 0.4) is 0 Å². The fourth-order valence-corrected chi connectivity index (χ4v) is 3.67. The number of aromatic nitrogens is 1. The third-order valence-corrected chi connectivity index (χ3v) is 5.54. The van der Waals surface area contributed by atoms with E-state index in [0.29, 0.717) is 43.7 Å². The van der Waals surface area contributed by atoms with Crippen LogP contribution in [0.25, 0.3) is 12.2 Å². The zero-order valence-corrected chi connectivity index (χ0v) is 19.2. The van der Waals surface area contributed by atoms with Crippen LogP contribution >= 0.6 is 0 Å². The maximum atomic E-state index is 12.6. The fourth-order valence-electron chi connectivity index (χ4n) is 3.67. The number of anilines is 1. The molecule has 8 heteroatoms. The highest BCUT2D eigenvalue weighted by Crippen LogP contribution is 2.24. The summed E-state index contributed by atoms with van der Waals surface area (Å²) in [4.78, 5) is 20.6. The van der Waals surface area contributed by atoms with Crippen LogP contribution in [-0.2, 0) is 4.79 Å². The van der Waals surface area contributed by atoms with Gasteiger partial charge in [0.2, 0.25) is 17.5 Å². The van der Waals surface area contributed by atoms with Crippen LogP contribution in [0.5, 0.6) is 11.5 Å². The van der Waals surface area contributed by atoms with Crippen molar-refractivity contribution < 1.29 is 18.7 Å². The molecule has 4 rings (SSSR count). The van der Waals surface area contributed by atoms with Gasteiger partial charge in [-0.15, -0.1) is 0 Å². The number of piperazine rings is 1. The van der Waals surface area contributed by atoms with E-state index in [1.54, 1.807) is 18.1 Å². The van der Waals surface area contributed by atoms with E-state index < -0.39 is 0 Å². The molecule has 1 aliphatic rings. The van der Waals surface area contributed by atoms with Crippen molar-refractivity contribution in [2.24, 2.45) is 0 Å². The van der Waals surface area contributed by atoms with Crippen LogP contribution < -0.4 is 14.4 Å². The molecule has 1 amide bonds. The molecular formula is C26H26N4O4. The Labute approximate surface area is 198 Å². The number of nitrogens with zero attached hydrogens (tertiary/aromatic N) is 4. The number of hydrogen-bond donors (Lipinski definition) is 0. The molecular weight excluding hydrogens is 432 g/mol. The molecule has 0 radical (unpaired) electrons. The molecule has 0 atom stereocenters. The molecule has 0 saturated carbocycles. The molecule has 174 valence electrons. The number of hydrogen-bond acceptors (Lipinski definition) is 7. The number of oxazole rings is 1. The Hall–Kier alpha value is -4.25. The minimum atomic E-state index is -0.0673. The van der Waals surface area contributed by atoms with Crippen LogP contribution in [0.1, 0.15) is 22.7 Å². The summed E-state index contributed by atoms with van der Waals surface area (Å²) in [6.45, 7) is 4.09. The lowest BCUT2D eigenvalue weighted by molar-refractivity contribution is -0.133. The van der Waals surface area contributed by atoms with Gasteiger partial charge in [0.15, 0.2) is 6.61 Å². The summed E-state index contributed by atoms with van der Waals surface area (Å²) >= 11 is 0. The van der Waals surface area contributed by atoms with Gasteiger partial charge in [0.05, 0.1) is 7.11 Å². The van der Waals surface area contributed by atoms with E-state index in [2.05, 4.69) is 11.1 Å². The van der Waals surface area contributed by atoms with E-state index in [-0.39, 0.29) is 18.2 Å². The van der Waals surface area contributed by atoms with Crippen molar-refractivity contribution >= 4 is 23.9 Å². The van der Waals surface area contributed by atoms with Crippen LogP contribution in [0.2, 0.25) is 0 Å². The Kier molecular flexibility index (Phi) is 7.13. The molecule has 2 aromatic carbocycles. The van der Waals surface area contributed by atoms with Crippen LogP contribution in [0, 0.1) is 18.3 Å². The first-order chi connectivity index (χ1) is 16.6. The molecule has 0 aliphatic carbocycles. The summed E-state index contributed by atoms with van der Waals surface area (Å²) in [6.07, 6.45) is 3.59. The number of nitriles is 1. The molecule has 34 heavy (non-hydrogen) atoms. The van der Waals surface area contributed by atoms with E-state index in [4.69, 9.17) is 13.9 Å². The molecule has 2 heterocycles. The topological polar surface area (TPSA) is 91.8 Å². The first-order valence-electron chi connectivity index (χ1n) is 11.0. The molecule has 3 aromatic rings. The van der Waals surface area contributed by atoms with Gasteiger partial charge in [-0.2, -0.15) is 10.2 Å². The zero-order chi connectivity index (χ0) is 23.9. The van der Waals surface area contributed by atoms with Gasteiger partial charge < -0.3 is 23.7 Å². The molecule has 1 saturated heterocycles. The quantitative estimate of drug-likeness (QED) is 0.532. The Bertz CT molecular complexity index is 1200. The van der Waals surface area contributed by atoms with Crippen molar-refractivity contribution in [3.8, 4) is 17.6 Å². The third-order valence-electron chi connectivity index (χ3n) is 5.54. The summed E-state index contributed by atoms with van der Waals surface area (Å²) in [5, 5.41) is 9.53. The molecule has 0 bridgehead atoms. The highest BCUT2D eigenvalue weighted by atomic mass is 16.5. The lowest BCUT2D eigenvalue weighted by atomic mass is 10.2. The van der Waals surface area contributed by atoms with Crippen molar-refractivity contribution in [2.75, 3.05) is 44.8 Å². The van der Waals surface area contributed by atoms with Crippen molar-refractivity contribution in [3.05, 3.63) is 71.2 Å². The van der Waals surface area contributed by atoms with Gasteiger partial charge in [-0.3, -0.25) is 4.79 Å². The van der Waals surface area contributed by atoms with Gasteiger partial charge >= 0.3 is 0 Å². The minimum Gasteiger partial charge on any atom is -0.497 e. The van der Waals surface area contributed by atoms with Gasteiger partial charge in [0.25, 0.3) is 5.91 Å². The average Bonchev–Trinajstić information content (AvgIpc) is 3.30. The smallest absolute Gasteiger partial charge is 0.260 e. The summed E-state index contributed by atoms with van der Waals surface area (Å²) in [5.74, 6) is 2.18. The first-order valence-corrected chi connectivity index (χ1v) is 11.0. The second-order valence-corrected chi connectivity index (χ2v) is 7.90. The number of methoxy groups -OCH3 is 1. The Morgan fingerprint density at radius 2 is 1.88 bits per heavy atom. The number of benzene rings is 2. The predicted molar refractivity (Wildman–Crippen MR) is 129 cm³/mol. The Morgan fingerprint density at radius 1 is 1.12 bits per heavy atom. The third kappa shape index (κ3) is 5.56. The zero-order valence-electron chi connectivity index (χ0n) is 19.2. The van der Waals surface area contributed by atoms with Crippen LogP contribution in [-0.4, -0.2) is 55.7 Å². The van der Waals surface area contributed by atoms with Gasteiger partial charge in [0.1, 0.15) is 17.6 Å². The maximum absolute atomic E-state index is 12.6. The SMILES string of the molecule is COc1ccc(/C=C/c2nc(C#N)c(N3CCN(C(=O)COc4cccc(C)c4)CC3)o2)cc1. The highest BCUT2D eigenvalue weighted by Gasteiger charge is 2.26. The number of carbonyl (C=O) groups excluding carboxylic acids is 1. The second-order valence-electron chi connectivity index (χ2n) is 7.90. The Balaban J connectivity index is 1.34.